The van der Waals surface area contributed by atoms with Gasteiger partial charge >= 0.3 is 0 Å². The molecule has 1 atom stereocenters. The van der Waals surface area contributed by atoms with E-state index in [1.807, 2.05) is 6.07 Å². The molecule has 0 saturated heterocycles. The molecule has 29 heavy (non-hydrogen) atoms. The molecule has 6 nitrogen and oxygen atoms in total. The Bertz CT molecular complexity index is 1130. The van der Waals surface area contributed by atoms with Gasteiger partial charge in [0.05, 0.1) is 29.1 Å². The maximum Gasteiger partial charge on any atom is 0.287 e. The van der Waals surface area contributed by atoms with Gasteiger partial charge in [0.2, 0.25) is 0 Å². The van der Waals surface area contributed by atoms with E-state index in [-0.39, 0.29) is 17.6 Å². The summed E-state index contributed by atoms with van der Waals surface area (Å²) in [6, 6.07) is 11.2. The van der Waals surface area contributed by atoms with Crippen LogP contribution in [0.2, 0.25) is 0 Å². The van der Waals surface area contributed by atoms with Gasteiger partial charge in [0.1, 0.15) is 5.69 Å². The number of nitriles is 1. The number of hydrogen-bond donors (Lipinski definition) is 1. The monoisotopic (exact) mass is 393 g/mol. The number of carbonyl (C=O) groups is 1. The quantitative estimate of drug-likeness (QED) is 0.733. The number of aryl methyl sites for hydroxylation is 1. The van der Waals surface area contributed by atoms with Crippen LogP contribution in [0.25, 0.3) is 5.69 Å². The highest BCUT2D eigenvalue weighted by Crippen LogP contribution is 2.32. The lowest BCUT2D eigenvalue weighted by atomic mass is 10.1. The molecular formula is C21H17F2N5O. The van der Waals surface area contributed by atoms with Crippen molar-refractivity contribution in [1.29, 1.82) is 5.26 Å². The minimum atomic E-state index is -3.04. The first-order valence-electron chi connectivity index (χ1n) is 9.09. The maximum atomic E-state index is 13.6. The SMILES string of the molecule is CC(F)(F)c1cc(-n2cc3c(n2)CC[C@@H]3NC(=O)c2cccc(C#N)c2)ccn1. The summed E-state index contributed by atoms with van der Waals surface area (Å²) in [6.45, 7) is 0.801. The fraction of sp³-hybridized carbons (Fsp3) is 0.238. The molecule has 3 aromatic rings. The van der Waals surface area contributed by atoms with E-state index in [9.17, 15) is 13.6 Å². The molecule has 1 amide bonds. The van der Waals surface area contributed by atoms with Crippen LogP contribution in [0.3, 0.4) is 0 Å². The molecule has 0 aliphatic heterocycles. The van der Waals surface area contributed by atoms with Crippen molar-refractivity contribution < 1.29 is 13.6 Å². The van der Waals surface area contributed by atoms with E-state index >= 15 is 0 Å². The van der Waals surface area contributed by atoms with Crippen LogP contribution in [0.15, 0.2) is 48.8 Å². The number of rotatable bonds is 4. The molecule has 2 heterocycles. The normalized spacial score (nSPS) is 15.6. The molecule has 0 fully saturated rings. The van der Waals surface area contributed by atoms with E-state index in [0.29, 0.717) is 29.7 Å². The van der Waals surface area contributed by atoms with Gasteiger partial charge in [-0.3, -0.25) is 9.78 Å². The lowest BCUT2D eigenvalue weighted by Crippen LogP contribution is -2.27. The Labute approximate surface area is 165 Å². The number of alkyl halides is 2. The van der Waals surface area contributed by atoms with Crippen LogP contribution < -0.4 is 5.32 Å². The molecular weight excluding hydrogens is 376 g/mol. The number of amides is 1. The van der Waals surface area contributed by atoms with Gasteiger partial charge in [-0.1, -0.05) is 6.07 Å². The number of halogens is 2. The number of nitrogens with one attached hydrogen (secondary N) is 1. The van der Waals surface area contributed by atoms with Crippen LogP contribution in [0.4, 0.5) is 8.78 Å². The molecule has 2 aromatic heterocycles. The highest BCUT2D eigenvalue weighted by Gasteiger charge is 2.29. The third kappa shape index (κ3) is 3.72. The smallest absolute Gasteiger partial charge is 0.287 e. The predicted molar refractivity (Wildman–Crippen MR) is 101 cm³/mol. The van der Waals surface area contributed by atoms with Gasteiger partial charge in [0, 0.05) is 30.4 Å². The third-order valence-electron chi connectivity index (χ3n) is 4.89. The zero-order chi connectivity index (χ0) is 20.6. The summed E-state index contributed by atoms with van der Waals surface area (Å²) < 4.78 is 28.7. The first-order valence-corrected chi connectivity index (χ1v) is 9.09. The minimum absolute atomic E-state index is 0.231. The summed E-state index contributed by atoms with van der Waals surface area (Å²) in [5.41, 5.74) is 2.66. The molecule has 0 spiro atoms. The summed E-state index contributed by atoms with van der Waals surface area (Å²) >= 11 is 0. The van der Waals surface area contributed by atoms with Crippen molar-refractivity contribution in [1.82, 2.24) is 20.1 Å². The first kappa shape index (κ1) is 18.7. The van der Waals surface area contributed by atoms with Gasteiger partial charge in [-0.05, 0) is 43.2 Å². The van der Waals surface area contributed by atoms with Crippen molar-refractivity contribution in [2.75, 3.05) is 0 Å². The summed E-state index contributed by atoms with van der Waals surface area (Å²) in [4.78, 5) is 16.3. The van der Waals surface area contributed by atoms with Gasteiger partial charge in [-0.25, -0.2) is 4.68 Å². The Morgan fingerprint density at radius 1 is 1.34 bits per heavy atom. The van der Waals surface area contributed by atoms with E-state index in [2.05, 4.69) is 15.4 Å². The Balaban J connectivity index is 1.57. The van der Waals surface area contributed by atoms with Crippen molar-refractivity contribution in [3.8, 4) is 11.8 Å². The topological polar surface area (TPSA) is 83.6 Å². The molecule has 1 aliphatic rings. The van der Waals surface area contributed by atoms with E-state index in [0.717, 1.165) is 18.2 Å². The maximum absolute atomic E-state index is 13.6. The average Bonchev–Trinajstić information content (AvgIpc) is 3.29. The molecule has 146 valence electrons. The lowest BCUT2D eigenvalue weighted by molar-refractivity contribution is 0.0127. The second kappa shape index (κ2) is 7.09. The van der Waals surface area contributed by atoms with Gasteiger partial charge in [-0.2, -0.15) is 19.1 Å². The molecule has 4 rings (SSSR count). The molecule has 0 saturated carbocycles. The number of fused-ring (bicyclic) bond motifs is 1. The number of pyridine rings is 1. The Morgan fingerprint density at radius 2 is 2.17 bits per heavy atom. The fourth-order valence-electron chi connectivity index (χ4n) is 3.40. The predicted octanol–water partition coefficient (Wildman–Crippen LogP) is 3.67. The van der Waals surface area contributed by atoms with E-state index in [1.165, 1.54) is 23.0 Å². The van der Waals surface area contributed by atoms with Crippen LogP contribution in [-0.4, -0.2) is 20.7 Å². The number of benzene rings is 1. The van der Waals surface area contributed by atoms with Crippen molar-refractivity contribution in [2.45, 2.75) is 31.7 Å². The largest absolute Gasteiger partial charge is 0.345 e. The zero-order valence-corrected chi connectivity index (χ0v) is 15.6. The standard InChI is InChI=1S/C21H17F2N5O/c1-21(22,23)19-10-15(7-8-25-19)28-12-16-17(5-6-18(16)27-28)26-20(29)14-4-2-3-13(9-14)11-24/h2-4,7-10,12,17H,5-6H2,1H3,(H,26,29)/t17-/m0/s1. The summed E-state index contributed by atoms with van der Waals surface area (Å²) in [5, 5.41) is 16.5. The second-order valence-corrected chi connectivity index (χ2v) is 7.02. The number of nitrogens with zero attached hydrogens (tertiary/aromatic N) is 4. The Morgan fingerprint density at radius 3 is 2.93 bits per heavy atom. The van der Waals surface area contributed by atoms with E-state index < -0.39 is 5.92 Å². The van der Waals surface area contributed by atoms with Crippen molar-refractivity contribution >= 4 is 5.91 Å². The summed E-state index contributed by atoms with van der Waals surface area (Å²) in [5.74, 6) is -3.31. The molecule has 1 aliphatic carbocycles. The van der Waals surface area contributed by atoms with E-state index in [1.54, 1.807) is 30.5 Å². The fourth-order valence-corrected chi connectivity index (χ4v) is 3.40. The second-order valence-electron chi connectivity index (χ2n) is 7.02. The van der Waals surface area contributed by atoms with Crippen LogP contribution >= 0.6 is 0 Å². The van der Waals surface area contributed by atoms with E-state index in [4.69, 9.17) is 5.26 Å². The molecule has 0 radical (unpaired) electrons. The highest BCUT2D eigenvalue weighted by molar-refractivity contribution is 5.94. The molecule has 0 bridgehead atoms. The van der Waals surface area contributed by atoms with Crippen LogP contribution in [0, 0.1) is 11.3 Å². The van der Waals surface area contributed by atoms with Crippen molar-refractivity contribution in [2.24, 2.45) is 0 Å². The molecule has 1 N–H and O–H groups in total. The van der Waals surface area contributed by atoms with Crippen LogP contribution in [-0.2, 0) is 12.3 Å². The van der Waals surface area contributed by atoms with Crippen molar-refractivity contribution in [3.63, 3.8) is 0 Å². The lowest BCUT2D eigenvalue weighted by Gasteiger charge is -2.13. The van der Waals surface area contributed by atoms with Crippen molar-refractivity contribution in [3.05, 3.63) is 76.9 Å². The summed E-state index contributed by atoms with van der Waals surface area (Å²) in [7, 11) is 0. The molecule has 1 aromatic carbocycles. The minimum Gasteiger partial charge on any atom is -0.345 e. The number of aromatic nitrogens is 3. The van der Waals surface area contributed by atoms with Gasteiger partial charge in [-0.15, -0.1) is 0 Å². The molecule has 8 heteroatoms. The summed E-state index contributed by atoms with van der Waals surface area (Å²) in [6.07, 6.45) is 4.46. The Kier molecular flexibility index (Phi) is 4.59. The number of hydrogen-bond acceptors (Lipinski definition) is 4. The third-order valence-corrected chi connectivity index (χ3v) is 4.89. The number of carbonyl (C=O) groups excluding carboxylic acids is 1. The first-order chi connectivity index (χ1) is 13.8. The average molecular weight is 393 g/mol. The van der Waals surface area contributed by atoms with Gasteiger partial charge in [0.25, 0.3) is 11.8 Å². The zero-order valence-electron chi connectivity index (χ0n) is 15.6. The highest BCUT2D eigenvalue weighted by atomic mass is 19.3. The molecule has 0 unspecified atom stereocenters. The van der Waals surface area contributed by atoms with Crippen LogP contribution in [0.5, 0.6) is 0 Å². The Hall–Kier alpha value is -3.60. The van der Waals surface area contributed by atoms with Crippen LogP contribution in [0.1, 0.15) is 52.3 Å². The van der Waals surface area contributed by atoms with Gasteiger partial charge in [0.15, 0.2) is 0 Å². The van der Waals surface area contributed by atoms with Gasteiger partial charge < -0.3 is 5.32 Å².